The second-order valence-electron chi connectivity index (χ2n) is 6.87. The quantitative estimate of drug-likeness (QED) is 0.841. The van der Waals surface area contributed by atoms with Crippen LogP contribution < -0.4 is 5.73 Å². The summed E-state index contributed by atoms with van der Waals surface area (Å²) in [5, 5.41) is 0. The molecule has 0 aromatic heterocycles. The fourth-order valence-electron chi connectivity index (χ4n) is 3.07. The van der Waals surface area contributed by atoms with Crippen molar-refractivity contribution in [3.8, 4) is 0 Å². The Morgan fingerprint density at radius 2 is 1.91 bits per heavy atom. The maximum absolute atomic E-state index is 12.3. The van der Waals surface area contributed by atoms with Crippen molar-refractivity contribution in [1.82, 2.24) is 4.90 Å². The monoisotopic (exact) mass is 318 g/mol. The smallest absolute Gasteiger partial charge is 0.239 e. The summed E-state index contributed by atoms with van der Waals surface area (Å²) in [6.45, 7) is 6.47. The molecule has 128 valence electrons. The molecule has 1 aromatic rings. The lowest BCUT2D eigenvalue weighted by atomic mass is 10.0. The predicted octanol–water partition coefficient (Wildman–Crippen LogP) is 2.61. The fraction of sp³-hybridized carbons (Fsp3) is 0.632. The maximum Gasteiger partial charge on any atom is 0.239 e. The lowest BCUT2D eigenvalue weighted by Gasteiger charge is -2.33. The summed E-state index contributed by atoms with van der Waals surface area (Å²) in [5.41, 5.74) is 7.31. The molecule has 0 saturated carbocycles. The lowest BCUT2D eigenvalue weighted by Crippen LogP contribution is -2.48. The maximum atomic E-state index is 12.3. The Labute approximate surface area is 140 Å². The molecule has 1 aliphatic heterocycles. The summed E-state index contributed by atoms with van der Waals surface area (Å²) in [4.78, 5) is 14.2. The fourth-order valence-corrected chi connectivity index (χ4v) is 3.07. The summed E-state index contributed by atoms with van der Waals surface area (Å²) in [7, 11) is 0. The van der Waals surface area contributed by atoms with E-state index < -0.39 is 0 Å². The van der Waals surface area contributed by atoms with Crippen LogP contribution >= 0.6 is 0 Å². The second kappa shape index (κ2) is 9.04. The van der Waals surface area contributed by atoms with Crippen LogP contribution in [0, 0.1) is 5.92 Å². The Morgan fingerprint density at radius 1 is 1.26 bits per heavy atom. The Morgan fingerprint density at radius 3 is 2.52 bits per heavy atom. The highest BCUT2D eigenvalue weighted by atomic mass is 16.5. The molecule has 23 heavy (non-hydrogen) atoms. The minimum Gasteiger partial charge on any atom is -0.378 e. The van der Waals surface area contributed by atoms with Crippen molar-refractivity contribution < 1.29 is 9.53 Å². The minimum atomic E-state index is -0.356. The van der Waals surface area contributed by atoms with Gasteiger partial charge in [-0.25, -0.2) is 0 Å². The number of nitrogens with zero attached hydrogens (tertiary/aromatic N) is 1. The highest BCUT2D eigenvalue weighted by Crippen LogP contribution is 2.16. The second-order valence-corrected chi connectivity index (χ2v) is 6.87. The molecule has 0 radical (unpaired) electrons. The van der Waals surface area contributed by atoms with Crippen molar-refractivity contribution >= 4 is 5.91 Å². The van der Waals surface area contributed by atoms with Crippen molar-refractivity contribution in [1.29, 1.82) is 0 Å². The molecule has 4 heteroatoms. The molecule has 1 heterocycles. The molecule has 0 spiro atoms. The molecule has 0 aliphatic carbocycles. The van der Waals surface area contributed by atoms with Gasteiger partial charge in [-0.05, 0) is 37.2 Å². The average Bonchev–Trinajstić information content (AvgIpc) is 2.55. The third kappa shape index (κ3) is 5.96. The van der Waals surface area contributed by atoms with E-state index in [1.165, 1.54) is 5.56 Å². The molecule has 1 fully saturated rings. The van der Waals surface area contributed by atoms with Crippen LogP contribution in [0.3, 0.4) is 0 Å². The molecule has 4 nitrogen and oxygen atoms in total. The van der Waals surface area contributed by atoms with Crippen LogP contribution in [0.5, 0.6) is 0 Å². The SMILES string of the molecule is CC(C)C[C@H](N)C(=O)N1CCC(OCCc2ccccc2)CC1. The number of carbonyl (C=O) groups excluding carboxylic acids is 1. The van der Waals surface area contributed by atoms with E-state index >= 15 is 0 Å². The predicted molar refractivity (Wildman–Crippen MR) is 93.1 cm³/mol. The lowest BCUT2D eigenvalue weighted by molar-refractivity contribution is -0.135. The molecule has 1 saturated heterocycles. The van der Waals surface area contributed by atoms with Crippen LogP contribution in [-0.4, -0.2) is 42.6 Å². The van der Waals surface area contributed by atoms with Gasteiger partial charge in [0.15, 0.2) is 0 Å². The van der Waals surface area contributed by atoms with Crippen LogP contribution in [0.2, 0.25) is 0 Å². The zero-order valence-corrected chi connectivity index (χ0v) is 14.4. The van der Waals surface area contributed by atoms with Crippen molar-refractivity contribution in [2.24, 2.45) is 11.7 Å². The molecular weight excluding hydrogens is 288 g/mol. The summed E-state index contributed by atoms with van der Waals surface area (Å²) in [6, 6.07) is 10.0. The summed E-state index contributed by atoms with van der Waals surface area (Å²) < 4.78 is 5.97. The first-order valence-corrected chi connectivity index (χ1v) is 8.76. The summed E-state index contributed by atoms with van der Waals surface area (Å²) in [6.07, 6.45) is 3.79. The van der Waals surface area contributed by atoms with E-state index in [1.54, 1.807) is 0 Å². The highest BCUT2D eigenvalue weighted by molar-refractivity contribution is 5.81. The van der Waals surface area contributed by atoms with Gasteiger partial charge >= 0.3 is 0 Å². The molecular formula is C19H30N2O2. The van der Waals surface area contributed by atoms with Crippen LogP contribution in [0.15, 0.2) is 30.3 Å². The number of ether oxygens (including phenoxy) is 1. The number of hydrogen-bond donors (Lipinski definition) is 1. The van der Waals surface area contributed by atoms with Crippen LogP contribution in [0.4, 0.5) is 0 Å². The normalized spacial score (nSPS) is 17.5. The van der Waals surface area contributed by atoms with E-state index in [2.05, 4.69) is 38.1 Å². The molecule has 0 bridgehead atoms. The van der Waals surface area contributed by atoms with Crippen molar-refractivity contribution in [2.75, 3.05) is 19.7 Å². The Bertz CT molecular complexity index is 468. The van der Waals surface area contributed by atoms with Crippen LogP contribution in [0.25, 0.3) is 0 Å². The topological polar surface area (TPSA) is 55.6 Å². The van der Waals surface area contributed by atoms with Gasteiger partial charge in [-0.15, -0.1) is 0 Å². The number of benzene rings is 1. The number of hydrogen-bond acceptors (Lipinski definition) is 3. The van der Waals surface area contributed by atoms with Crippen LogP contribution in [0.1, 0.15) is 38.7 Å². The number of rotatable bonds is 7. The van der Waals surface area contributed by atoms with Crippen molar-refractivity contribution in [3.63, 3.8) is 0 Å². The molecule has 0 unspecified atom stereocenters. The molecule has 1 aliphatic rings. The summed E-state index contributed by atoms with van der Waals surface area (Å²) >= 11 is 0. The number of carbonyl (C=O) groups is 1. The van der Waals surface area contributed by atoms with Gasteiger partial charge in [-0.1, -0.05) is 44.2 Å². The van der Waals surface area contributed by atoms with Gasteiger partial charge < -0.3 is 15.4 Å². The van der Waals surface area contributed by atoms with Gasteiger partial charge in [0, 0.05) is 13.1 Å². The number of piperidine rings is 1. The van der Waals surface area contributed by atoms with Crippen molar-refractivity contribution in [3.05, 3.63) is 35.9 Å². The molecule has 1 amide bonds. The Hall–Kier alpha value is -1.39. The van der Waals surface area contributed by atoms with E-state index in [0.29, 0.717) is 5.92 Å². The van der Waals surface area contributed by atoms with Gasteiger partial charge in [0.25, 0.3) is 0 Å². The number of nitrogens with two attached hydrogens (primary N) is 1. The molecule has 1 aromatic carbocycles. The molecule has 2 N–H and O–H groups in total. The standard InChI is InChI=1S/C19H30N2O2/c1-15(2)14-18(20)19(22)21-11-8-17(9-12-21)23-13-10-16-6-4-3-5-7-16/h3-7,15,17-18H,8-14,20H2,1-2H3/t18-/m0/s1. The van der Waals surface area contributed by atoms with Gasteiger partial charge in [0.05, 0.1) is 18.8 Å². The largest absolute Gasteiger partial charge is 0.378 e. The minimum absolute atomic E-state index is 0.0986. The zero-order valence-electron chi connectivity index (χ0n) is 14.4. The van der Waals surface area contributed by atoms with E-state index in [4.69, 9.17) is 10.5 Å². The first kappa shape index (κ1) is 18.0. The van der Waals surface area contributed by atoms with Gasteiger partial charge in [0.2, 0.25) is 5.91 Å². The first-order valence-electron chi connectivity index (χ1n) is 8.76. The Balaban J connectivity index is 1.66. The number of likely N-dealkylation sites (tertiary alicyclic amines) is 1. The average molecular weight is 318 g/mol. The molecule has 2 rings (SSSR count). The highest BCUT2D eigenvalue weighted by Gasteiger charge is 2.26. The first-order chi connectivity index (χ1) is 11.1. The van der Waals surface area contributed by atoms with Crippen LogP contribution in [-0.2, 0) is 16.0 Å². The van der Waals surface area contributed by atoms with E-state index in [0.717, 1.165) is 45.4 Å². The van der Waals surface area contributed by atoms with E-state index in [-0.39, 0.29) is 18.1 Å². The molecule has 1 atom stereocenters. The van der Waals surface area contributed by atoms with E-state index in [1.807, 2.05) is 11.0 Å². The van der Waals surface area contributed by atoms with E-state index in [9.17, 15) is 4.79 Å². The zero-order chi connectivity index (χ0) is 16.7. The number of amides is 1. The van der Waals surface area contributed by atoms with Gasteiger partial charge in [0.1, 0.15) is 0 Å². The van der Waals surface area contributed by atoms with Gasteiger partial charge in [-0.2, -0.15) is 0 Å². The third-order valence-corrected chi connectivity index (χ3v) is 4.38. The van der Waals surface area contributed by atoms with Crippen molar-refractivity contribution in [2.45, 2.75) is 51.7 Å². The third-order valence-electron chi connectivity index (χ3n) is 4.38. The summed E-state index contributed by atoms with van der Waals surface area (Å²) in [5.74, 6) is 0.550. The van der Waals surface area contributed by atoms with Gasteiger partial charge in [-0.3, -0.25) is 4.79 Å². The Kier molecular flexibility index (Phi) is 7.06.